The van der Waals surface area contributed by atoms with Gasteiger partial charge < -0.3 is 5.32 Å². The molecule has 1 atom stereocenters. The van der Waals surface area contributed by atoms with E-state index < -0.39 is 46.5 Å². The molecular weight excluding hydrogens is 478 g/mol. The van der Waals surface area contributed by atoms with Gasteiger partial charge in [0.1, 0.15) is 0 Å². The number of halogens is 6. The highest BCUT2D eigenvalue weighted by molar-refractivity contribution is 7.98. The Labute approximate surface area is 198 Å². The maximum absolute atomic E-state index is 13.9. The molecule has 3 rings (SSSR count). The molecule has 186 valence electrons. The number of rotatable bonds is 6. The zero-order valence-corrected chi connectivity index (χ0v) is 19.8. The number of nitrogens with zero attached hydrogens (tertiary/aromatic N) is 1. The lowest BCUT2D eigenvalue weighted by molar-refractivity contribution is -0.143. The number of hydrogen-bond donors (Lipinski definition) is 1. The first-order valence-electron chi connectivity index (χ1n) is 10.7. The maximum atomic E-state index is 13.9. The molecule has 1 heterocycles. The molecule has 0 saturated carbocycles. The normalized spacial score (nSPS) is 16.5. The summed E-state index contributed by atoms with van der Waals surface area (Å²) in [6.45, 7) is 5.36. The monoisotopic (exact) mass is 504 g/mol. The predicted molar refractivity (Wildman–Crippen MR) is 120 cm³/mol. The van der Waals surface area contributed by atoms with Crippen molar-refractivity contribution in [3.05, 3.63) is 64.7 Å². The fourth-order valence-electron chi connectivity index (χ4n) is 4.39. The van der Waals surface area contributed by atoms with Crippen LogP contribution in [0.15, 0.2) is 47.4 Å². The van der Waals surface area contributed by atoms with Crippen molar-refractivity contribution in [2.75, 3.05) is 19.3 Å². The van der Waals surface area contributed by atoms with Crippen LogP contribution in [-0.4, -0.2) is 35.7 Å². The predicted octanol–water partition coefficient (Wildman–Crippen LogP) is 6.79. The Morgan fingerprint density at radius 1 is 0.971 bits per heavy atom. The van der Waals surface area contributed by atoms with E-state index in [2.05, 4.69) is 10.2 Å². The van der Waals surface area contributed by atoms with E-state index in [-0.39, 0.29) is 11.0 Å². The second kappa shape index (κ2) is 9.81. The molecule has 0 radical (unpaired) electrons. The van der Waals surface area contributed by atoms with E-state index in [0.717, 1.165) is 25.9 Å². The third-order valence-corrected chi connectivity index (χ3v) is 6.98. The second-order valence-corrected chi connectivity index (χ2v) is 9.61. The number of likely N-dealkylation sites (tertiary alicyclic amines) is 1. The van der Waals surface area contributed by atoms with E-state index in [9.17, 15) is 31.1 Å². The molecule has 0 bridgehead atoms. The van der Waals surface area contributed by atoms with E-state index in [1.807, 2.05) is 13.8 Å². The molecule has 1 aliphatic rings. The summed E-state index contributed by atoms with van der Waals surface area (Å²) in [6, 6.07) is 8.77. The van der Waals surface area contributed by atoms with Gasteiger partial charge in [-0.25, -0.2) is 0 Å². The van der Waals surface area contributed by atoms with Gasteiger partial charge in [0.25, 0.3) is 5.91 Å². The van der Waals surface area contributed by atoms with Crippen molar-refractivity contribution < 1.29 is 31.1 Å². The van der Waals surface area contributed by atoms with Crippen LogP contribution in [-0.2, 0) is 12.4 Å². The van der Waals surface area contributed by atoms with Crippen LogP contribution < -0.4 is 5.32 Å². The lowest BCUT2D eigenvalue weighted by Gasteiger charge is -2.43. The van der Waals surface area contributed by atoms with Gasteiger partial charge in [-0.15, -0.1) is 11.8 Å². The average Bonchev–Trinajstić information content (AvgIpc) is 3.31. The summed E-state index contributed by atoms with van der Waals surface area (Å²) in [5, 5.41) is 2.74. The van der Waals surface area contributed by atoms with Gasteiger partial charge in [0.15, 0.2) is 0 Å². The van der Waals surface area contributed by atoms with Gasteiger partial charge in [0, 0.05) is 10.4 Å². The fraction of sp³-hybridized carbons (Fsp3) is 0.458. The van der Waals surface area contributed by atoms with Crippen LogP contribution in [0.3, 0.4) is 0 Å². The number of amides is 1. The molecule has 34 heavy (non-hydrogen) atoms. The summed E-state index contributed by atoms with van der Waals surface area (Å²) >= 11 is 0.669. The number of nitrogens with one attached hydrogen (secondary N) is 1. The SMILES string of the molecule is CSc1cc(C(F)(F)F)cc(C(F)(F)F)c1C(=O)NC(c1ccccc1)C(C)(C)N1CCCC1. The van der Waals surface area contributed by atoms with Crippen molar-refractivity contribution in [2.24, 2.45) is 0 Å². The van der Waals surface area contributed by atoms with Gasteiger partial charge >= 0.3 is 12.4 Å². The van der Waals surface area contributed by atoms with Crippen LogP contribution in [0.4, 0.5) is 26.3 Å². The van der Waals surface area contributed by atoms with Gasteiger partial charge in [-0.05, 0) is 63.7 Å². The molecule has 1 saturated heterocycles. The number of alkyl halides is 6. The second-order valence-electron chi connectivity index (χ2n) is 8.76. The van der Waals surface area contributed by atoms with E-state index in [0.29, 0.717) is 23.4 Å². The van der Waals surface area contributed by atoms with E-state index >= 15 is 0 Å². The first-order chi connectivity index (χ1) is 15.8. The van der Waals surface area contributed by atoms with Crippen LogP contribution in [0.1, 0.15) is 59.8 Å². The minimum absolute atomic E-state index is 0.0117. The average molecular weight is 505 g/mol. The van der Waals surface area contributed by atoms with Gasteiger partial charge in [-0.1, -0.05) is 30.3 Å². The molecular formula is C24H26F6N2OS. The molecule has 10 heteroatoms. The Balaban J connectivity index is 2.11. The van der Waals surface area contributed by atoms with E-state index in [4.69, 9.17) is 0 Å². The van der Waals surface area contributed by atoms with Crippen molar-refractivity contribution >= 4 is 17.7 Å². The Hall–Kier alpha value is -2.20. The van der Waals surface area contributed by atoms with Crippen molar-refractivity contribution in [3.8, 4) is 0 Å². The standard InChI is InChI=1S/C24H26F6N2OS/c1-22(2,32-11-7-8-12-32)20(15-9-5-4-6-10-15)31-21(33)19-17(24(28,29)30)13-16(23(25,26)27)14-18(19)34-3/h4-6,9-10,13-14,20H,7-8,11-12H2,1-3H3,(H,31,33). The number of benzene rings is 2. The molecule has 3 nitrogen and oxygen atoms in total. The minimum Gasteiger partial charge on any atom is -0.343 e. The Kier molecular flexibility index (Phi) is 7.62. The third kappa shape index (κ3) is 5.54. The van der Waals surface area contributed by atoms with Gasteiger partial charge in [-0.2, -0.15) is 26.3 Å². The number of hydrogen-bond acceptors (Lipinski definition) is 3. The summed E-state index contributed by atoms with van der Waals surface area (Å²) in [4.78, 5) is 15.2. The Morgan fingerprint density at radius 2 is 1.56 bits per heavy atom. The van der Waals surface area contributed by atoms with Crippen molar-refractivity contribution in [3.63, 3.8) is 0 Å². The molecule has 0 spiro atoms. The van der Waals surface area contributed by atoms with Crippen molar-refractivity contribution in [1.82, 2.24) is 10.2 Å². The molecule has 1 amide bonds. The largest absolute Gasteiger partial charge is 0.417 e. The number of thioether (sulfide) groups is 1. The minimum atomic E-state index is -5.15. The summed E-state index contributed by atoms with van der Waals surface area (Å²) < 4.78 is 81.5. The summed E-state index contributed by atoms with van der Waals surface area (Å²) in [5.41, 5.74) is -3.81. The van der Waals surface area contributed by atoms with Crippen LogP contribution in [0.2, 0.25) is 0 Å². The highest BCUT2D eigenvalue weighted by Gasteiger charge is 2.43. The first-order valence-corrected chi connectivity index (χ1v) is 12.0. The molecule has 1 N–H and O–H groups in total. The van der Waals surface area contributed by atoms with Gasteiger partial charge in [-0.3, -0.25) is 9.69 Å². The molecule has 1 fully saturated rings. The molecule has 0 aromatic heterocycles. The molecule has 1 aliphatic heterocycles. The van der Waals surface area contributed by atoms with Crippen LogP contribution >= 0.6 is 11.8 Å². The van der Waals surface area contributed by atoms with E-state index in [1.54, 1.807) is 30.3 Å². The van der Waals surface area contributed by atoms with Crippen LogP contribution in [0.5, 0.6) is 0 Å². The highest BCUT2D eigenvalue weighted by Crippen LogP contribution is 2.42. The highest BCUT2D eigenvalue weighted by atomic mass is 32.2. The van der Waals surface area contributed by atoms with Crippen molar-refractivity contribution in [2.45, 2.75) is 55.5 Å². The summed E-state index contributed by atoms with van der Waals surface area (Å²) in [7, 11) is 0. The van der Waals surface area contributed by atoms with Crippen molar-refractivity contribution in [1.29, 1.82) is 0 Å². The smallest absolute Gasteiger partial charge is 0.343 e. The van der Waals surface area contributed by atoms with Crippen LogP contribution in [0.25, 0.3) is 0 Å². The third-order valence-electron chi connectivity index (χ3n) is 6.22. The van der Waals surface area contributed by atoms with Gasteiger partial charge in [0.2, 0.25) is 0 Å². The molecule has 1 unspecified atom stereocenters. The zero-order chi connectivity index (χ0) is 25.3. The molecule has 2 aromatic rings. The van der Waals surface area contributed by atoms with E-state index in [1.165, 1.54) is 6.26 Å². The lowest BCUT2D eigenvalue weighted by atomic mass is 9.86. The quantitative estimate of drug-likeness (QED) is 0.347. The molecule has 0 aliphatic carbocycles. The van der Waals surface area contributed by atoms with Crippen LogP contribution in [0, 0.1) is 0 Å². The molecule has 2 aromatic carbocycles. The maximum Gasteiger partial charge on any atom is 0.417 e. The first kappa shape index (κ1) is 26.4. The topological polar surface area (TPSA) is 32.3 Å². The number of carbonyl (C=O) groups is 1. The Morgan fingerprint density at radius 3 is 2.06 bits per heavy atom. The fourth-order valence-corrected chi connectivity index (χ4v) is 5.04. The van der Waals surface area contributed by atoms with Gasteiger partial charge in [0.05, 0.1) is 22.7 Å². The summed E-state index contributed by atoms with van der Waals surface area (Å²) in [6.07, 6.45) is -6.86. The number of carbonyl (C=O) groups excluding carboxylic acids is 1. The zero-order valence-electron chi connectivity index (χ0n) is 19.0. The lowest BCUT2D eigenvalue weighted by Crippen LogP contribution is -2.53. The summed E-state index contributed by atoms with van der Waals surface area (Å²) in [5.74, 6) is -1.06. The Bertz CT molecular complexity index is 1010.